The Bertz CT molecular complexity index is 362. The maximum atomic E-state index is 11.8. The number of ketones is 1. The van der Waals surface area contributed by atoms with Gasteiger partial charge in [-0.1, -0.05) is 99.3 Å². The molecular formula is C23H46O3. The van der Waals surface area contributed by atoms with E-state index in [9.17, 15) is 15.0 Å². The fraction of sp³-hybridized carbons (Fsp3) is 0.957. The Balaban J connectivity index is 3.76. The Morgan fingerprint density at radius 1 is 0.731 bits per heavy atom. The molecule has 26 heavy (non-hydrogen) atoms. The Morgan fingerprint density at radius 3 is 1.50 bits per heavy atom. The summed E-state index contributed by atoms with van der Waals surface area (Å²) < 4.78 is 0. The summed E-state index contributed by atoms with van der Waals surface area (Å²) in [7, 11) is 0. The van der Waals surface area contributed by atoms with Crippen LogP contribution in [-0.2, 0) is 4.79 Å². The molecule has 0 aromatic carbocycles. The Morgan fingerprint density at radius 2 is 1.12 bits per heavy atom. The molecule has 3 atom stereocenters. The number of hydrogen-bond acceptors (Lipinski definition) is 3. The van der Waals surface area contributed by atoms with Gasteiger partial charge >= 0.3 is 0 Å². The highest BCUT2D eigenvalue weighted by molar-refractivity contribution is 5.85. The average Bonchev–Trinajstić information content (AvgIpc) is 2.54. The van der Waals surface area contributed by atoms with Gasteiger partial charge in [-0.2, -0.15) is 0 Å². The topological polar surface area (TPSA) is 57.5 Å². The third-order valence-corrected chi connectivity index (χ3v) is 5.74. The van der Waals surface area contributed by atoms with Gasteiger partial charge in [-0.3, -0.25) is 4.79 Å². The molecule has 0 heterocycles. The molecule has 0 radical (unpaired) electrons. The molecule has 3 unspecified atom stereocenters. The molecule has 0 rings (SSSR count). The molecule has 2 N–H and O–H groups in total. The molecule has 3 heteroatoms. The molecular weight excluding hydrogens is 324 g/mol. The van der Waals surface area contributed by atoms with Gasteiger partial charge in [-0.05, 0) is 23.7 Å². The summed E-state index contributed by atoms with van der Waals surface area (Å²) in [5, 5.41) is 19.2. The van der Waals surface area contributed by atoms with Crippen molar-refractivity contribution in [3.63, 3.8) is 0 Å². The number of carbonyl (C=O) groups excluding carboxylic acids is 1. The second kappa shape index (κ2) is 13.7. The summed E-state index contributed by atoms with van der Waals surface area (Å²) in [4.78, 5) is 11.8. The molecule has 0 saturated carbocycles. The van der Waals surface area contributed by atoms with E-state index in [0.29, 0.717) is 0 Å². The molecule has 0 bridgehead atoms. The van der Waals surface area contributed by atoms with Gasteiger partial charge in [0.1, 0.15) is 0 Å². The summed E-state index contributed by atoms with van der Waals surface area (Å²) in [6.07, 6.45) is 11.7. The van der Waals surface area contributed by atoms with Gasteiger partial charge in [-0.15, -0.1) is 0 Å². The van der Waals surface area contributed by atoms with Crippen molar-refractivity contribution in [1.82, 2.24) is 0 Å². The quantitative estimate of drug-likeness (QED) is 0.322. The monoisotopic (exact) mass is 370 g/mol. The molecule has 0 aliphatic carbocycles. The number of hydrogen-bond donors (Lipinski definition) is 2. The second-order valence-electron chi connectivity index (χ2n) is 9.30. The van der Waals surface area contributed by atoms with Crippen molar-refractivity contribution < 1.29 is 15.0 Å². The predicted molar refractivity (Wildman–Crippen MR) is 111 cm³/mol. The van der Waals surface area contributed by atoms with Crippen LogP contribution in [-0.4, -0.2) is 21.8 Å². The maximum absolute atomic E-state index is 11.8. The zero-order valence-electron chi connectivity index (χ0n) is 18.4. The number of Topliss-reactive ketones (excluding diaryl/α,β-unsaturated/α-hetero) is 1. The fourth-order valence-corrected chi connectivity index (χ4v) is 3.57. The first kappa shape index (κ1) is 25.6. The molecule has 0 amide bonds. The largest absolute Gasteiger partial charge is 0.360 e. The molecule has 3 nitrogen and oxygen atoms in total. The van der Waals surface area contributed by atoms with E-state index in [-0.39, 0.29) is 18.8 Å². The van der Waals surface area contributed by atoms with Crippen molar-refractivity contribution in [2.45, 2.75) is 118 Å². The standard InChI is InChI=1S/C23H46O3/c1-7-23(25,26)22(24)17-21(6)16-10-15-20(5)14-9-13-19(4)12-8-11-18(2)3/h18-21,25-26H,7-17H2,1-6H3. The van der Waals surface area contributed by atoms with Crippen molar-refractivity contribution in [1.29, 1.82) is 0 Å². The van der Waals surface area contributed by atoms with E-state index in [0.717, 1.165) is 30.6 Å². The third-order valence-electron chi connectivity index (χ3n) is 5.74. The van der Waals surface area contributed by atoms with Crippen LogP contribution in [0.25, 0.3) is 0 Å². The minimum Gasteiger partial charge on any atom is -0.360 e. The summed E-state index contributed by atoms with van der Waals surface area (Å²) in [6, 6.07) is 0. The second-order valence-corrected chi connectivity index (χ2v) is 9.30. The van der Waals surface area contributed by atoms with E-state index >= 15 is 0 Å². The molecule has 0 aromatic heterocycles. The van der Waals surface area contributed by atoms with Crippen LogP contribution in [0.4, 0.5) is 0 Å². The van der Waals surface area contributed by atoms with Gasteiger partial charge in [0.15, 0.2) is 5.78 Å². The van der Waals surface area contributed by atoms with Crippen molar-refractivity contribution in [3.05, 3.63) is 0 Å². The highest BCUT2D eigenvalue weighted by Gasteiger charge is 2.31. The highest BCUT2D eigenvalue weighted by atomic mass is 16.5. The van der Waals surface area contributed by atoms with Crippen LogP contribution in [0.15, 0.2) is 0 Å². The van der Waals surface area contributed by atoms with E-state index < -0.39 is 11.6 Å². The van der Waals surface area contributed by atoms with E-state index in [1.807, 2.05) is 6.92 Å². The molecule has 0 aromatic rings. The predicted octanol–water partition coefficient (Wildman–Crippen LogP) is 6.11. The van der Waals surface area contributed by atoms with Gasteiger partial charge in [0, 0.05) is 12.8 Å². The zero-order chi connectivity index (χ0) is 20.2. The van der Waals surface area contributed by atoms with Crippen LogP contribution in [0.3, 0.4) is 0 Å². The van der Waals surface area contributed by atoms with Crippen molar-refractivity contribution in [2.75, 3.05) is 0 Å². The van der Waals surface area contributed by atoms with Gasteiger partial charge in [0.2, 0.25) is 5.79 Å². The van der Waals surface area contributed by atoms with Gasteiger partial charge in [0.25, 0.3) is 0 Å². The first-order chi connectivity index (χ1) is 12.1. The fourth-order valence-electron chi connectivity index (χ4n) is 3.57. The Hall–Kier alpha value is -0.410. The van der Waals surface area contributed by atoms with Crippen LogP contribution >= 0.6 is 0 Å². The molecule has 0 saturated heterocycles. The zero-order valence-corrected chi connectivity index (χ0v) is 18.4. The van der Waals surface area contributed by atoms with E-state index in [1.54, 1.807) is 6.92 Å². The van der Waals surface area contributed by atoms with Crippen LogP contribution in [0.1, 0.15) is 112 Å². The van der Waals surface area contributed by atoms with E-state index in [1.165, 1.54) is 44.9 Å². The molecule has 0 fully saturated rings. The van der Waals surface area contributed by atoms with Crippen molar-refractivity contribution >= 4 is 5.78 Å². The number of rotatable bonds is 16. The summed E-state index contributed by atoms with van der Waals surface area (Å²) in [6.45, 7) is 13.0. The first-order valence-electron chi connectivity index (χ1n) is 11.1. The van der Waals surface area contributed by atoms with Crippen LogP contribution < -0.4 is 0 Å². The Labute approximate surface area is 163 Å². The lowest BCUT2D eigenvalue weighted by atomic mass is 9.89. The first-order valence-corrected chi connectivity index (χ1v) is 11.1. The van der Waals surface area contributed by atoms with Crippen LogP contribution in [0, 0.1) is 23.7 Å². The van der Waals surface area contributed by atoms with Gasteiger partial charge < -0.3 is 10.2 Å². The molecule has 0 aliphatic heterocycles. The third kappa shape index (κ3) is 12.9. The summed E-state index contributed by atoms with van der Waals surface area (Å²) in [5.74, 6) is 0.0721. The highest BCUT2D eigenvalue weighted by Crippen LogP contribution is 2.23. The smallest absolute Gasteiger partial charge is 0.223 e. The summed E-state index contributed by atoms with van der Waals surface area (Å²) in [5.41, 5.74) is 0. The summed E-state index contributed by atoms with van der Waals surface area (Å²) >= 11 is 0. The number of carbonyl (C=O) groups is 1. The Kier molecular flexibility index (Phi) is 13.5. The SMILES string of the molecule is CCC(O)(O)C(=O)CC(C)CCCC(C)CCCC(C)CCCC(C)C. The van der Waals surface area contributed by atoms with E-state index in [4.69, 9.17) is 0 Å². The van der Waals surface area contributed by atoms with Crippen LogP contribution in [0.2, 0.25) is 0 Å². The molecule has 0 aliphatic rings. The lowest BCUT2D eigenvalue weighted by Gasteiger charge is -2.20. The van der Waals surface area contributed by atoms with Gasteiger partial charge in [0.05, 0.1) is 0 Å². The normalized spacial score (nSPS) is 15.9. The molecule has 0 spiro atoms. The maximum Gasteiger partial charge on any atom is 0.223 e. The average molecular weight is 371 g/mol. The van der Waals surface area contributed by atoms with Crippen LogP contribution in [0.5, 0.6) is 0 Å². The lowest BCUT2D eigenvalue weighted by molar-refractivity contribution is -0.184. The van der Waals surface area contributed by atoms with Crippen molar-refractivity contribution in [3.8, 4) is 0 Å². The molecule has 156 valence electrons. The van der Waals surface area contributed by atoms with Gasteiger partial charge in [-0.25, -0.2) is 0 Å². The van der Waals surface area contributed by atoms with Crippen molar-refractivity contribution in [2.24, 2.45) is 23.7 Å². The number of aliphatic hydroxyl groups is 2. The minimum atomic E-state index is -2.13. The van der Waals surface area contributed by atoms with E-state index in [2.05, 4.69) is 27.7 Å². The lowest BCUT2D eigenvalue weighted by Crippen LogP contribution is -2.38. The minimum absolute atomic E-state index is 0.0610.